The van der Waals surface area contributed by atoms with E-state index in [-0.39, 0.29) is 11.3 Å². The lowest BCUT2D eigenvalue weighted by atomic mass is 9.93. The number of carbonyl (C=O) groups excluding carboxylic acids is 2. The van der Waals surface area contributed by atoms with E-state index in [2.05, 4.69) is 4.90 Å². The molecule has 2 aliphatic heterocycles. The van der Waals surface area contributed by atoms with Gasteiger partial charge in [0.2, 0.25) is 0 Å². The van der Waals surface area contributed by atoms with Crippen LogP contribution in [0.5, 0.6) is 11.5 Å². The highest BCUT2D eigenvalue weighted by Gasteiger charge is 2.46. The molecule has 37 heavy (non-hydrogen) atoms. The number of aliphatic hydroxyl groups excluding tert-OH is 1. The zero-order chi connectivity index (χ0) is 26.4. The van der Waals surface area contributed by atoms with Gasteiger partial charge in [0.25, 0.3) is 11.7 Å². The van der Waals surface area contributed by atoms with Gasteiger partial charge >= 0.3 is 0 Å². The summed E-state index contributed by atoms with van der Waals surface area (Å²) in [5.74, 6) is -0.0652. The van der Waals surface area contributed by atoms with Gasteiger partial charge in [-0.05, 0) is 61.2 Å². The molecule has 1 amide bonds. The van der Waals surface area contributed by atoms with Crippen LogP contribution in [0.4, 0.5) is 0 Å². The van der Waals surface area contributed by atoms with Crippen molar-refractivity contribution in [1.82, 2.24) is 9.80 Å². The number of likely N-dealkylation sites (tertiary alicyclic amines) is 1. The van der Waals surface area contributed by atoms with Crippen LogP contribution >= 0.6 is 0 Å². The maximum Gasteiger partial charge on any atom is 0.295 e. The molecule has 1 N–H and O–H groups in total. The summed E-state index contributed by atoms with van der Waals surface area (Å²) in [6, 6.07) is 12.0. The highest BCUT2D eigenvalue weighted by atomic mass is 16.5. The van der Waals surface area contributed by atoms with E-state index in [9.17, 15) is 14.7 Å². The van der Waals surface area contributed by atoms with E-state index in [0.717, 1.165) is 42.9 Å². The van der Waals surface area contributed by atoms with Crippen molar-refractivity contribution in [2.45, 2.75) is 32.7 Å². The molecule has 8 nitrogen and oxygen atoms in total. The first kappa shape index (κ1) is 26.7. The Hall–Kier alpha value is -3.36. The molecule has 0 saturated carbocycles. The number of benzene rings is 2. The molecule has 8 heteroatoms. The van der Waals surface area contributed by atoms with E-state index < -0.39 is 17.7 Å². The fourth-order valence-electron chi connectivity index (χ4n) is 4.89. The van der Waals surface area contributed by atoms with Gasteiger partial charge in [-0.15, -0.1) is 0 Å². The number of carbonyl (C=O) groups is 2. The van der Waals surface area contributed by atoms with E-state index in [1.54, 1.807) is 30.2 Å². The normalized spacial score (nSPS) is 19.9. The average Bonchev–Trinajstić information content (AvgIpc) is 3.17. The molecule has 1 unspecified atom stereocenters. The highest BCUT2D eigenvalue weighted by molar-refractivity contribution is 6.46. The zero-order valence-corrected chi connectivity index (χ0v) is 21.9. The van der Waals surface area contributed by atoms with E-state index in [1.807, 2.05) is 38.1 Å². The molecule has 0 bridgehead atoms. The number of hydrogen-bond donors (Lipinski definition) is 1. The van der Waals surface area contributed by atoms with Crippen molar-refractivity contribution < 1.29 is 28.9 Å². The Morgan fingerprint density at radius 2 is 1.76 bits per heavy atom. The molecule has 1 atom stereocenters. The molecule has 2 saturated heterocycles. The van der Waals surface area contributed by atoms with Crippen LogP contribution < -0.4 is 9.47 Å². The predicted octanol–water partition coefficient (Wildman–Crippen LogP) is 3.94. The first-order chi connectivity index (χ1) is 17.9. The van der Waals surface area contributed by atoms with Crippen molar-refractivity contribution in [2.75, 3.05) is 53.1 Å². The summed E-state index contributed by atoms with van der Waals surface area (Å²) in [6.45, 7) is 8.83. The van der Waals surface area contributed by atoms with E-state index in [0.29, 0.717) is 44.1 Å². The summed E-state index contributed by atoms with van der Waals surface area (Å²) in [7, 11) is 1.57. The number of morpholine rings is 1. The number of Topliss-reactive ketones (excluding diaryl/α,β-unsaturated/α-hetero) is 1. The van der Waals surface area contributed by atoms with Crippen molar-refractivity contribution in [1.29, 1.82) is 0 Å². The molecule has 2 aromatic rings. The maximum absolute atomic E-state index is 13.3. The van der Waals surface area contributed by atoms with Crippen LogP contribution in [0.1, 0.15) is 42.5 Å². The second kappa shape index (κ2) is 12.3. The van der Waals surface area contributed by atoms with Gasteiger partial charge in [-0.3, -0.25) is 14.5 Å². The van der Waals surface area contributed by atoms with Gasteiger partial charge in [-0.1, -0.05) is 19.1 Å². The van der Waals surface area contributed by atoms with E-state index >= 15 is 0 Å². The van der Waals surface area contributed by atoms with Gasteiger partial charge in [-0.25, -0.2) is 0 Å². The van der Waals surface area contributed by atoms with Crippen LogP contribution in [-0.4, -0.2) is 79.7 Å². The second-order valence-electron chi connectivity index (χ2n) is 9.40. The number of amides is 1. The minimum Gasteiger partial charge on any atom is -0.507 e. The van der Waals surface area contributed by atoms with E-state index in [4.69, 9.17) is 14.2 Å². The minimum atomic E-state index is -0.689. The summed E-state index contributed by atoms with van der Waals surface area (Å²) in [5.41, 5.74) is 2.10. The third-order valence-electron chi connectivity index (χ3n) is 6.87. The third kappa shape index (κ3) is 5.97. The van der Waals surface area contributed by atoms with Crippen LogP contribution in [0, 0.1) is 6.92 Å². The van der Waals surface area contributed by atoms with Gasteiger partial charge in [0, 0.05) is 31.7 Å². The molecule has 2 fully saturated rings. The first-order valence-electron chi connectivity index (χ1n) is 12.9. The zero-order valence-electron chi connectivity index (χ0n) is 21.9. The van der Waals surface area contributed by atoms with Gasteiger partial charge < -0.3 is 24.2 Å². The Morgan fingerprint density at radius 3 is 2.41 bits per heavy atom. The Labute approximate surface area is 218 Å². The van der Waals surface area contributed by atoms with Gasteiger partial charge in [-0.2, -0.15) is 0 Å². The Kier molecular flexibility index (Phi) is 8.84. The SMILES string of the molecule is CCCOc1ccc(C2/C(=C(\O)c3ccc(OC)cc3C)C(=O)C(=O)N2CCCN2CCOCC2)cc1. The van der Waals surface area contributed by atoms with Crippen LogP contribution in [0.25, 0.3) is 5.76 Å². The maximum atomic E-state index is 13.3. The number of aryl methyl sites for hydroxylation is 1. The second-order valence-corrected chi connectivity index (χ2v) is 9.40. The topological polar surface area (TPSA) is 88.5 Å². The monoisotopic (exact) mass is 508 g/mol. The molecule has 0 radical (unpaired) electrons. The number of methoxy groups -OCH3 is 1. The summed E-state index contributed by atoms with van der Waals surface area (Å²) in [4.78, 5) is 30.5. The molecular weight excluding hydrogens is 472 g/mol. The highest BCUT2D eigenvalue weighted by Crippen LogP contribution is 2.40. The molecule has 2 aliphatic rings. The number of rotatable bonds is 10. The van der Waals surface area contributed by atoms with Gasteiger partial charge in [0.1, 0.15) is 17.3 Å². The van der Waals surface area contributed by atoms with Crippen LogP contribution in [-0.2, 0) is 14.3 Å². The molecule has 4 rings (SSSR count). The standard InChI is InChI=1S/C29H36N2O6/c1-4-16-37-22-8-6-21(7-9-22)26-25(27(32)24-11-10-23(35-3)19-20(24)2)28(33)29(34)31(26)13-5-12-30-14-17-36-18-15-30/h6-11,19,26,32H,4-5,12-18H2,1-3H3/b27-25+. The van der Waals surface area contributed by atoms with Crippen LogP contribution in [0.15, 0.2) is 48.0 Å². The Bertz CT molecular complexity index is 1140. The predicted molar refractivity (Wildman–Crippen MR) is 141 cm³/mol. The smallest absolute Gasteiger partial charge is 0.295 e. The molecule has 0 aromatic heterocycles. The minimum absolute atomic E-state index is 0.104. The van der Waals surface area contributed by atoms with E-state index in [1.165, 1.54) is 0 Å². The van der Waals surface area contributed by atoms with Crippen LogP contribution in [0.2, 0.25) is 0 Å². The fourth-order valence-corrected chi connectivity index (χ4v) is 4.89. The summed E-state index contributed by atoms with van der Waals surface area (Å²) >= 11 is 0. The third-order valence-corrected chi connectivity index (χ3v) is 6.87. The molecule has 2 aromatic carbocycles. The Balaban J connectivity index is 1.68. The van der Waals surface area contributed by atoms with Crippen molar-refractivity contribution >= 4 is 17.4 Å². The van der Waals surface area contributed by atoms with Gasteiger partial charge in [0.05, 0.1) is 38.5 Å². The largest absolute Gasteiger partial charge is 0.507 e. The molecule has 0 aliphatic carbocycles. The van der Waals surface area contributed by atoms with Crippen molar-refractivity contribution in [3.63, 3.8) is 0 Å². The van der Waals surface area contributed by atoms with Crippen molar-refractivity contribution in [2.24, 2.45) is 0 Å². The quantitative estimate of drug-likeness (QED) is 0.295. The van der Waals surface area contributed by atoms with Crippen molar-refractivity contribution in [3.05, 3.63) is 64.7 Å². The number of nitrogens with zero attached hydrogens (tertiary/aromatic N) is 2. The number of aliphatic hydroxyl groups is 1. The molecule has 2 heterocycles. The number of ketones is 1. The summed E-state index contributed by atoms with van der Waals surface area (Å²) in [5, 5.41) is 11.4. The lowest BCUT2D eigenvalue weighted by molar-refractivity contribution is -0.140. The molecule has 198 valence electrons. The fraction of sp³-hybridized carbons (Fsp3) is 0.448. The summed E-state index contributed by atoms with van der Waals surface area (Å²) < 4.78 is 16.4. The van der Waals surface area contributed by atoms with Crippen molar-refractivity contribution in [3.8, 4) is 11.5 Å². The number of ether oxygens (including phenoxy) is 3. The average molecular weight is 509 g/mol. The summed E-state index contributed by atoms with van der Waals surface area (Å²) in [6.07, 6.45) is 1.61. The van der Waals surface area contributed by atoms with Crippen LogP contribution in [0.3, 0.4) is 0 Å². The number of hydrogen-bond acceptors (Lipinski definition) is 7. The van der Waals surface area contributed by atoms with Gasteiger partial charge in [0.15, 0.2) is 0 Å². The Morgan fingerprint density at radius 1 is 1.05 bits per heavy atom. The molecular formula is C29H36N2O6. The molecule has 0 spiro atoms. The lowest BCUT2D eigenvalue weighted by Crippen LogP contribution is -2.38. The first-order valence-corrected chi connectivity index (χ1v) is 12.9. The lowest BCUT2D eigenvalue weighted by Gasteiger charge is -2.29.